The molecule has 2 nitrogen and oxygen atoms in total. The van der Waals surface area contributed by atoms with Gasteiger partial charge >= 0.3 is 0 Å². The lowest BCUT2D eigenvalue weighted by molar-refractivity contribution is 1.58. The van der Waals surface area contributed by atoms with E-state index in [1.807, 2.05) is 60.7 Å². The molecule has 2 aromatic rings. The van der Waals surface area contributed by atoms with E-state index in [2.05, 4.69) is 23.8 Å². The lowest BCUT2D eigenvalue weighted by atomic mass is 10.2. The molecule has 0 aliphatic rings. The van der Waals surface area contributed by atoms with Crippen molar-refractivity contribution in [2.75, 3.05) is 10.6 Å². The Balaban J connectivity index is 1.96. The Kier molecular flexibility index (Phi) is 4.69. The van der Waals surface area contributed by atoms with Gasteiger partial charge in [0.15, 0.2) is 5.11 Å². The average Bonchev–Trinajstić information content (AvgIpc) is 2.49. The predicted molar refractivity (Wildman–Crippen MR) is 92.9 cm³/mol. The summed E-state index contributed by atoms with van der Waals surface area (Å²) in [5.74, 6) is 0. The molecule has 0 amide bonds. The highest BCUT2D eigenvalue weighted by Crippen LogP contribution is 2.13. The lowest BCUT2D eigenvalue weighted by Crippen LogP contribution is -2.18. The Morgan fingerprint density at radius 1 is 0.750 bits per heavy atom. The molecular weight excluding hydrogens is 264 g/mol. The molecule has 0 heterocycles. The monoisotopic (exact) mass is 280 g/mol. The SMILES string of the molecule is C=Cc1ccc(NC(=S)Nc2ccc(C=C)cc2)cc1. The second-order valence-corrected chi connectivity index (χ2v) is 4.64. The van der Waals surface area contributed by atoms with E-state index in [9.17, 15) is 0 Å². The first-order valence-corrected chi connectivity index (χ1v) is 6.65. The normalized spacial score (nSPS) is 9.60. The molecule has 0 atom stereocenters. The first-order chi connectivity index (χ1) is 9.71. The van der Waals surface area contributed by atoms with Gasteiger partial charge in [0.2, 0.25) is 0 Å². The van der Waals surface area contributed by atoms with Crippen molar-refractivity contribution in [3.63, 3.8) is 0 Å². The van der Waals surface area contributed by atoms with Crippen LogP contribution in [0.4, 0.5) is 11.4 Å². The van der Waals surface area contributed by atoms with E-state index in [-0.39, 0.29) is 0 Å². The second-order valence-electron chi connectivity index (χ2n) is 4.23. The van der Waals surface area contributed by atoms with Crippen LogP contribution in [0.5, 0.6) is 0 Å². The third-order valence-electron chi connectivity index (χ3n) is 2.81. The number of hydrogen-bond acceptors (Lipinski definition) is 1. The van der Waals surface area contributed by atoms with Gasteiger partial charge in [-0.2, -0.15) is 0 Å². The number of hydrogen-bond donors (Lipinski definition) is 2. The molecule has 2 aromatic carbocycles. The van der Waals surface area contributed by atoms with E-state index < -0.39 is 0 Å². The van der Waals surface area contributed by atoms with Gasteiger partial charge in [-0.15, -0.1) is 0 Å². The molecule has 0 aliphatic heterocycles. The van der Waals surface area contributed by atoms with Crippen LogP contribution < -0.4 is 10.6 Å². The number of thiocarbonyl (C=S) groups is 1. The standard InChI is InChI=1S/C17H16N2S/c1-3-13-5-9-15(10-6-13)18-17(20)19-16-11-7-14(4-2)8-12-16/h3-12H,1-2H2,(H2,18,19,20). The van der Waals surface area contributed by atoms with Gasteiger partial charge in [0.1, 0.15) is 0 Å². The third kappa shape index (κ3) is 3.80. The van der Waals surface area contributed by atoms with Gasteiger partial charge in [-0.25, -0.2) is 0 Å². The third-order valence-corrected chi connectivity index (χ3v) is 3.01. The minimum Gasteiger partial charge on any atom is -0.332 e. The van der Waals surface area contributed by atoms with Crippen LogP contribution in [0.1, 0.15) is 11.1 Å². The summed E-state index contributed by atoms with van der Waals surface area (Å²) in [5.41, 5.74) is 4.04. The van der Waals surface area contributed by atoms with Crippen LogP contribution in [-0.4, -0.2) is 5.11 Å². The molecule has 0 aromatic heterocycles. The van der Waals surface area contributed by atoms with E-state index in [1.54, 1.807) is 0 Å². The molecule has 0 saturated heterocycles. The minimum absolute atomic E-state index is 0.558. The molecule has 3 heteroatoms. The molecular formula is C17H16N2S. The summed E-state index contributed by atoms with van der Waals surface area (Å²) < 4.78 is 0. The first-order valence-electron chi connectivity index (χ1n) is 6.24. The summed E-state index contributed by atoms with van der Waals surface area (Å²) in [6.45, 7) is 7.45. The zero-order valence-corrected chi connectivity index (χ0v) is 11.9. The molecule has 0 aliphatic carbocycles. The maximum Gasteiger partial charge on any atom is 0.175 e. The van der Waals surface area contributed by atoms with Crippen molar-refractivity contribution in [2.45, 2.75) is 0 Å². The van der Waals surface area contributed by atoms with Crippen molar-refractivity contribution in [3.05, 3.63) is 72.8 Å². The fourth-order valence-corrected chi connectivity index (χ4v) is 1.93. The topological polar surface area (TPSA) is 24.1 Å². The quantitative estimate of drug-likeness (QED) is 0.788. The largest absolute Gasteiger partial charge is 0.332 e. The molecule has 100 valence electrons. The van der Waals surface area contributed by atoms with Crippen LogP contribution in [0, 0.1) is 0 Å². The van der Waals surface area contributed by atoms with E-state index in [1.165, 1.54) is 0 Å². The van der Waals surface area contributed by atoms with Gasteiger partial charge in [-0.1, -0.05) is 49.6 Å². The Bertz CT molecular complexity index is 557. The summed E-state index contributed by atoms with van der Waals surface area (Å²) in [6, 6.07) is 15.8. The summed E-state index contributed by atoms with van der Waals surface area (Å²) in [5, 5.41) is 6.83. The van der Waals surface area contributed by atoms with Crippen molar-refractivity contribution in [3.8, 4) is 0 Å². The molecule has 2 N–H and O–H groups in total. The number of anilines is 2. The Morgan fingerprint density at radius 2 is 1.10 bits per heavy atom. The molecule has 0 bridgehead atoms. The fraction of sp³-hybridized carbons (Fsp3) is 0. The Morgan fingerprint density at radius 3 is 1.40 bits per heavy atom. The van der Waals surface area contributed by atoms with E-state index in [4.69, 9.17) is 12.2 Å². The molecule has 20 heavy (non-hydrogen) atoms. The smallest absolute Gasteiger partial charge is 0.175 e. The van der Waals surface area contributed by atoms with Gasteiger partial charge in [-0.05, 0) is 47.6 Å². The van der Waals surface area contributed by atoms with E-state index in [0.29, 0.717) is 5.11 Å². The highest BCUT2D eigenvalue weighted by molar-refractivity contribution is 7.80. The zero-order valence-electron chi connectivity index (χ0n) is 11.1. The molecule has 0 spiro atoms. The molecule has 0 fully saturated rings. The van der Waals surface area contributed by atoms with Crippen molar-refractivity contribution >= 4 is 40.9 Å². The molecule has 0 unspecified atom stereocenters. The molecule has 0 radical (unpaired) electrons. The summed E-state index contributed by atoms with van der Waals surface area (Å²) in [7, 11) is 0. The average molecular weight is 280 g/mol. The number of nitrogens with one attached hydrogen (secondary N) is 2. The fourth-order valence-electron chi connectivity index (χ4n) is 1.70. The van der Waals surface area contributed by atoms with Crippen LogP contribution in [-0.2, 0) is 0 Å². The maximum absolute atomic E-state index is 5.28. The first kappa shape index (κ1) is 14.0. The van der Waals surface area contributed by atoms with Crippen molar-refractivity contribution in [1.29, 1.82) is 0 Å². The predicted octanol–water partition coefficient (Wildman–Crippen LogP) is 4.78. The highest BCUT2D eigenvalue weighted by atomic mass is 32.1. The summed E-state index contributed by atoms with van der Waals surface area (Å²) in [4.78, 5) is 0. The van der Waals surface area contributed by atoms with E-state index >= 15 is 0 Å². The van der Waals surface area contributed by atoms with Crippen LogP contribution in [0.15, 0.2) is 61.7 Å². The van der Waals surface area contributed by atoms with Gasteiger partial charge < -0.3 is 10.6 Å². The number of rotatable bonds is 4. The van der Waals surface area contributed by atoms with Crippen molar-refractivity contribution in [2.24, 2.45) is 0 Å². The van der Waals surface area contributed by atoms with Gasteiger partial charge in [0, 0.05) is 11.4 Å². The van der Waals surface area contributed by atoms with Crippen molar-refractivity contribution in [1.82, 2.24) is 0 Å². The van der Waals surface area contributed by atoms with Crippen LogP contribution in [0.3, 0.4) is 0 Å². The van der Waals surface area contributed by atoms with Gasteiger partial charge in [0.05, 0.1) is 0 Å². The van der Waals surface area contributed by atoms with E-state index in [0.717, 1.165) is 22.5 Å². The van der Waals surface area contributed by atoms with Gasteiger partial charge in [-0.3, -0.25) is 0 Å². The lowest BCUT2D eigenvalue weighted by Gasteiger charge is -2.11. The maximum atomic E-state index is 5.28. The van der Waals surface area contributed by atoms with Crippen LogP contribution in [0.2, 0.25) is 0 Å². The Hall–Kier alpha value is -2.39. The summed E-state index contributed by atoms with van der Waals surface area (Å²) >= 11 is 5.28. The number of benzene rings is 2. The molecule has 0 saturated carbocycles. The minimum atomic E-state index is 0.558. The Labute approximate surface area is 124 Å². The van der Waals surface area contributed by atoms with Crippen molar-refractivity contribution < 1.29 is 0 Å². The zero-order chi connectivity index (χ0) is 14.4. The van der Waals surface area contributed by atoms with Gasteiger partial charge in [0.25, 0.3) is 0 Å². The second kappa shape index (κ2) is 6.68. The highest BCUT2D eigenvalue weighted by Gasteiger charge is 1.99. The summed E-state index contributed by atoms with van der Waals surface area (Å²) in [6.07, 6.45) is 3.61. The van der Waals surface area contributed by atoms with Crippen LogP contribution in [0.25, 0.3) is 12.2 Å². The van der Waals surface area contributed by atoms with Crippen LogP contribution >= 0.6 is 12.2 Å². The molecule has 2 rings (SSSR count).